The second-order valence-electron chi connectivity index (χ2n) is 3.97. The number of methoxy groups -OCH3 is 1. The smallest absolute Gasteiger partial charge is 0.305 e. The zero-order valence-electron chi connectivity index (χ0n) is 11.8. The van der Waals surface area contributed by atoms with Gasteiger partial charge in [0.15, 0.2) is 5.01 Å². The topological polar surface area (TPSA) is 108 Å². The summed E-state index contributed by atoms with van der Waals surface area (Å²) in [6.07, 6.45) is 3.94. The predicted molar refractivity (Wildman–Crippen MR) is 79.5 cm³/mol. The van der Waals surface area contributed by atoms with Gasteiger partial charge in [-0.05, 0) is 19.1 Å². The zero-order valence-corrected chi connectivity index (χ0v) is 12.6. The molecule has 0 spiro atoms. The number of esters is 1. The Morgan fingerprint density at radius 3 is 2.57 bits per heavy atom. The van der Waals surface area contributed by atoms with E-state index in [0.29, 0.717) is 5.13 Å². The quantitative estimate of drug-likeness (QED) is 0.856. The molecule has 0 aromatic carbocycles. The van der Waals surface area contributed by atoms with Gasteiger partial charge < -0.3 is 15.3 Å². The first-order chi connectivity index (χ1) is 10.0. The van der Waals surface area contributed by atoms with E-state index in [2.05, 4.69) is 19.9 Å². The second kappa shape index (κ2) is 8.75. The van der Waals surface area contributed by atoms with E-state index < -0.39 is 0 Å². The molecule has 0 unspecified atom stereocenters. The van der Waals surface area contributed by atoms with Crippen molar-refractivity contribution in [2.75, 3.05) is 12.8 Å². The summed E-state index contributed by atoms with van der Waals surface area (Å²) in [7, 11) is 1.31. The third-order valence-electron chi connectivity index (χ3n) is 2.26. The van der Waals surface area contributed by atoms with E-state index in [9.17, 15) is 9.59 Å². The maximum Gasteiger partial charge on any atom is 0.305 e. The Morgan fingerprint density at radius 1 is 1.33 bits per heavy atom. The molecule has 0 saturated heterocycles. The van der Waals surface area contributed by atoms with Crippen LogP contribution >= 0.6 is 11.3 Å². The number of hydrogen-bond acceptors (Lipinski definition) is 8. The summed E-state index contributed by atoms with van der Waals surface area (Å²) < 4.78 is 4.31. The number of nitrogen functional groups attached to an aromatic ring is 1. The summed E-state index contributed by atoms with van der Waals surface area (Å²) in [5.41, 5.74) is 6.39. The summed E-state index contributed by atoms with van der Waals surface area (Å²) in [6, 6.07) is 3.78. The number of aromatic nitrogens is 3. The lowest BCUT2D eigenvalue weighted by Gasteiger charge is -1.93. The molecule has 0 saturated carbocycles. The van der Waals surface area contributed by atoms with Crippen LogP contribution in [0.15, 0.2) is 24.5 Å². The molecule has 0 bridgehead atoms. The van der Waals surface area contributed by atoms with Crippen molar-refractivity contribution in [1.82, 2.24) is 15.2 Å². The summed E-state index contributed by atoms with van der Waals surface area (Å²) in [4.78, 5) is 24.6. The average molecular weight is 308 g/mol. The molecule has 112 valence electrons. The summed E-state index contributed by atoms with van der Waals surface area (Å²) in [5.74, 6) is -0.314. The standard InChI is InChI=1S/C7H6N4S.C6H10O3/c8-7-11-10-6(12-7)5-2-1-3-9-4-5;1-5(7)3-4-6(8)9-2/h1-4H,(H2,8,11);3-4H2,1-2H3. The summed E-state index contributed by atoms with van der Waals surface area (Å²) >= 11 is 1.36. The second-order valence-corrected chi connectivity index (χ2v) is 4.97. The molecule has 7 nitrogen and oxygen atoms in total. The summed E-state index contributed by atoms with van der Waals surface area (Å²) in [5, 5.41) is 8.89. The van der Waals surface area contributed by atoms with E-state index in [-0.39, 0.29) is 24.6 Å². The third-order valence-corrected chi connectivity index (χ3v) is 3.06. The van der Waals surface area contributed by atoms with Gasteiger partial charge in [-0.25, -0.2) is 0 Å². The highest BCUT2D eigenvalue weighted by Crippen LogP contribution is 2.22. The van der Waals surface area contributed by atoms with E-state index in [0.717, 1.165) is 10.6 Å². The van der Waals surface area contributed by atoms with E-state index in [1.165, 1.54) is 25.4 Å². The number of hydrogen-bond donors (Lipinski definition) is 1. The number of nitrogens with two attached hydrogens (primary N) is 1. The highest BCUT2D eigenvalue weighted by Gasteiger charge is 2.02. The molecular formula is C13H16N4O3S. The Kier molecular flexibility index (Phi) is 6.96. The third kappa shape index (κ3) is 6.57. The number of anilines is 1. The molecule has 2 heterocycles. The van der Waals surface area contributed by atoms with Gasteiger partial charge in [0.25, 0.3) is 0 Å². The molecule has 0 aliphatic carbocycles. The van der Waals surface area contributed by atoms with Gasteiger partial charge in [0, 0.05) is 24.4 Å². The van der Waals surface area contributed by atoms with Gasteiger partial charge in [-0.1, -0.05) is 11.3 Å². The fraction of sp³-hybridized carbons (Fsp3) is 0.308. The van der Waals surface area contributed by atoms with Gasteiger partial charge in [-0.15, -0.1) is 10.2 Å². The van der Waals surface area contributed by atoms with Gasteiger partial charge in [0.1, 0.15) is 5.78 Å². The Morgan fingerprint density at radius 2 is 2.10 bits per heavy atom. The Bertz CT molecular complexity index is 586. The van der Waals surface area contributed by atoms with Crippen molar-refractivity contribution in [3.05, 3.63) is 24.5 Å². The molecule has 0 amide bonds. The van der Waals surface area contributed by atoms with Gasteiger partial charge in [-0.3, -0.25) is 9.78 Å². The molecule has 2 aromatic rings. The average Bonchev–Trinajstić information content (AvgIpc) is 2.93. The van der Waals surface area contributed by atoms with Crippen LogP contribution in [0.5, 0.6) is 0 Å². The van der Waals surface area contributed by atoms with Crippen molar-refractivity contribution >= 4 is 28.2 Å². The predicted octanol–water partition coefficient (Wildman–Crippen LogP) is 1.71. The van der Waals surface area contributed by atoms with E-state index in [4.69, 9.17) is 5.73 Å². The molecule has 8 heteroatoms. The van der Waals surface area contributed by atoms with Crippen molar-refractivity contribution in [2.24, 2.45) is 0 Å². The van der Waals surface area contributed by atoms with Crippen LogP contribution in [-0.2, 0) is 14.3 Å². The minimum Gasteiger partial charge on any atom is -0.469 e. The molecule has 0 aliphatic heterocycles. The van der Waals surface area contributed by atoms with Gasteiger partial charge in [-0.2, -0.15) is 0 Å². The molecule has 0 radical (unpaired) electrons. The van der Waals surface area contributed by atoms with Crippen molar-refractivity contribution in [3.8, 4) is 10.6 Å². The maximum atomic E-state index is 10.3. The number of rotatable bonds is 4. The Balaban J connectivity index is 0.000000222. The van der Waals surface area contributed by atoms with Crippen molar-refractivity contribution in [2.45, 2.75) is 19.8 Å². The minimum atomic E-state index is -0.329. The number of carbonyl (C=O) groups excluding carboxylic acids is 2. The first kappa shape index (κ1) is 16.7. The highest BCUT2D eigenvalue weighted by atomic mass is 32.1. The number of ketones is 1. The molecular weight excluding hydrogens is 292 g/mol. The van der Waals surface area contributed by atoms with Gasteiger partial charge >= 0.3 is 5.97 Å². The van der Waals surface area contributed by atoms with Crippen molar-refractivity contribution < 1.29 is 14.3 Å². The molecule has 21 heavy (non-hydrogen) atoms. The number of pyridine rings is 1. The molecule has 0 atom stereocenters. The fourth-order valence-corrected chi connectivity index (χ4v) is 1.82. The van der Waals surface area contributed by atoms with E-state index in [1.54, 1.807) is 12.4 Å². The molecule has 2 aromatic heterocycles. The Hall–Kier alpha value is -2.35. The first-order valence-corrected chi connectivity index (χ1v) is 6.90. The zero-order chi connectivity index (χ0) is 15.7. The van der Waals surface area contributed by atoms with Crippen LogP contribution in [0.1, 0.15) is 19.8 Å². The van der Waals surface area contributed by atoms with Crippen LogP contribution in [0.4, 0.5) is 5.13 Å². The summed E-state index contributed by atoms with van der Waals surface area (Å²) in [6.45, 7) is 1.45. The van der Waals surface area contributed by atoms with Gasteiger partial charge in [0.05, 0.1) is 13.5 Å². The highest BCUT2D eigenvalue weighted by molar-refractivity contribution is 7.18. The Labute approximate surface area is 126 Å². The molecule has 2 N–H and O–H groups in total. The van der Waals surface area contributed by atoms with Crippen LogP contribution in [0, 0.1) is 0 Å². The SMILES string of the molecule is COC(=O)CCC(C)=O.Nc1nnc(-c2cccnc2)s1. The molecule has 0 fully saturated rings. The lowest BCUT2D eigenvalue weighted by atomic mass is 10.2. The van der Waals surface area contributed by atoms with Crippen LogP contribution in [0.3, 0.4) is 0 Å². The van der Waals surface area contributed by atoms with Crippen molar-refractivity contribution in [1.29, 1.82) is 0 Å². The van der Waals surface area contributed by atoms with E-state index >= 15 is 0 Å². The normalized spacial score (nSPS) is 9.43. The lowest BCUT2D eigenvalue weighted by molar-refractivity contribution is -0.141. The lowest BCUT2D eigenvalue weighted by Crippen LogP contribution is -2.02. The molecule has 0 aliphatic rings. The fourth-order valence-electron chi connectivity index (χ4n) is 1.22. The maximum absolute atomic E-state index is 10.3. The number of nitrogens with zero attached hydrogens (tertiary/aromatic N) is 3. The number of ether oxygens (including phenoxy) is 1. The van der Waals surface area contributed by atoms with Gasteiger partial charge in [0.2, 0.25) is 5.13 Å². The number of carbonyl (C=O) groups is 2. The monoisotopic (exact) mass is 308 g/mol. The molecule has 2 rings (SSSR count). The largest absolute Gasteiger partial charge is 0.469 e. The minimum absolute atomic E-state index is 0.0143. The van der Waals surface area contributed by atoms with Crippen LogP contribution < -0.4 is 5.73 Å². The van der Waals surface area contributed by atoms with E-state index in [1.807, 2.05) is 12.1 Å². The van der Waals surface area contributed by atoms with Crippen LogP contribution in [0.25, 0.3) is 10.6 Å². The first-order valence-electron chi connectivity index (χ1n) is 6.08. The number of Topliss-reactive ketones (excluding diaryl/α,β-unsaturated/α-hetero) is 1. The van der Waals surface area contributed by atoms with Crippen LogP contribution in [-0.4, -0.2) is 34.0 Å². The van der Waals surface area contributed by atoms with Crippen LogP contribution in [0.2, 0.25) is 0 Å². The van der Waals surface area contributed by atoms with Crippen molar-refractivity contribution in [3.63, 3.8) is 0 Å².